The van der Waals surface area contributed by atoms with E-state index in [-0.39, 0.29) is 6.10 Å². The van der Waals surface area contributed by atoms with E-state index in [0.717, 1.165) is 0 Å². The molecule has 3 heteroatoms. The molecule has 0 aromatic rings. The molecule has 0 aromatic heterocycles. The molecule has 1 N–H and O–H groups in total. The lowest BCUT2D eigenvalue weighted by Gasteiger charge is -2.32. The van der Waals surface area contributed by atoms with Crippen molar-refractivity contribution in [2.24, 2.45) is 0 Å². The minimum absolute atomic E-state index is 0.0752. The van der Waals surface area contributed by atoms with Crippen LogP contribution < -0.4 is 0 Å². The van der Waals surface area contributed by atoms with Crippen molar-refractivity contribution < 1.29 is 5.11 Å². The summed E-state index contributed by atoms with van der Waals surface area (Å²) in [5.41, 5.74) is 0. The summed E-state index contributed by atoms with van der Waals surface area (Å²) in [5, 5.41) is 10.8. The number of hydrogen-bond donors (Lipinski definition) is 1. The van der Waals surface area contributed by atoms with Gasteiger partial charge in [-0.05, 0) is 25.4 Å². The highest BCUT2D eigenvalue weighted by atomic mass is 32.2. The third-order valence-electron chi connectivity index (χ3n) is 2.34. The molecule has 1 rings (SSSR count). The fourth-order valence-corrected chi connectivity index (χ4v) is 3.46. The second-order valence-electron chi connectivity index (χ2n) is 2.97. The van der Waals surface area contributed by atoms with Gasteiger partial charge in [-0.15, -0.1) is 0 Å². The quantitative estimate of drug-likeness (QED) is 0.722. The highest BCUT2D eigenvalue weighted by Crippen LogP contribution is 2.32. The molecule has 1 aliphatic rings. The minimum atomic E-state index is -0.0752. The highest BCUT2D eigenvalue weighted by molar-refractivity contribution is 8.00. The molecule has 0 radical (unpaired) electrons. The van der Waals surface area contributed by atoms with E-state index in [1.165, 1.54) is 19.3 Å². The largest absolute Gasteiger partial charge is 0.391 e. The normalized spacial score (nSPS) is 34.1. The second-order valence-corrected chi connectivity index (χ2v) is 5.12. The van der Waals surface area contributed by atoms with E-state index in [1.807, 2.05) is 23.5 Å². The molecule has 0 spiro atoms. The number of hydrogen-bond acceptors (Lipinski definition) is 3. The summed E-state index contributed by atoms with van der Waals surface area (Å²) in [5.74, 6) is 0. The molecule has 1 aliphatic carbocycles. The van der Waals surface area contributed by atoms with Crippen molar-refractivity contribution in [3.05, 3.63) is 0 Å². The van der Waals surface area contributed by atoms with Crippen molar-refractivity contribution in [3.8, 4) is 0 Å². The maximum absolute atomic E-state index is 9.79. The van der Waals surface area contributed by atoms with E-state index in [1.54, 1.807) is 0 Å². The fraction of sp³-hybridized carbons (Fsp3) is 1.00. The maximum Gasteiger partial charge on any atom is 0.0776 e. The van der Waals surface area contributed by atoms with E-state index in [2.05, 4.69) is 12.5 Å². The van der Waals surface area contributed by atoms with Gasteiger partial charge in [-0.3, -0.25) is 0 Å². The summed E-state index contributed by atoms with van der Waals surface area (Å²) in [6, 6.07) is 0. The summed E-state index contributed by atoms with van der Waals surface area (Å²) in [6.07, 6.45) is 7.79. The van der Waals surface area contributed by atoms with Crippen LogP contribution >= 0.6 is 23.5 Å². The Morgan fingerprint density at radius 3 is 1.91 bits per heavy atom. The Balaban J connectivity index is 2.45. The molecule has 0 heterocycles. The van der Waals surface area contributed by atoms with Gasteiger partial charge in [0.05, 0.1) is 6.10 Å². The molecule has 0 saturated heterocycles. The SMILES string of the molecule is CS[C@H]1CCC[C@H](SC)C1O. The van der Waals surface area contributed by atoms with Crippen molar-refractivity contribution >= 4 is 23.5 Å². The van der Waals surface area contributed by atoms with Crippen molar-refractivity contribution in [1.29, 1.82) is 0 Å². The predicted octanol–water partition coefficient (Wildman–Crippen LogP) is 1.99. The first-order valence-electron chi connectivity index (χ1n) is 4.03. The molecule has 66 valence electrons. The van der Waals surface area contributed by atoms with Crippen molar-refractivity contribution in [2.75, 3.05) is 12.5 Å². The minimum Gasteiger partial charge on any atom is -0.391 e. The van der Waals surface area contributed by atoms with E-state index >= 15 is 0 Å². The van der Waals surface area contributed by atoms with Gasteiger partial charge < -0.3 is 5.11 Å². The molecule has 1 nitrogen and oxygen atoms in total. The Morgan fingerprint density at radius 1 is 1.09 bits per heavy atom. The molecular weight excluding hydrogens is 176 g/mol. The van der Waals surface area contributed by atoms with Crippen LogP contribution in [0.1, 0.15) is 19.3 Å². The maximum atomic E-state index is 9.79. The van der Waals surface area contributed by atoms with Crippen LogP contribution in [0.4, 0.5) is 0 Å². The molecule has 0 amide bonds. The lowest BCUT2D eigenvalue weighted by molar-refractivity contribution is 0.144. The summed E-state index contributed by atoms with van der Waals surface area (Å²) < 4.78 is 0. The van der Waals surface area contributed by atoms with E-state index in [4.69, 9.17) is 0 Å². The average molecular weight is 192 g/mol. The lowest BCUT2D eigenvalue weighted by Crippen LogP contribution is -2.37. The van der Waals surface area contributed by atoms with Gasteiger partial charge in [0.2, 0.25) is 0 Å². The van der Waals surface area contributed by atoms with Gasteiger partial charge in [-0.2, -0.15) is 23.5 Å². The fourth-order valence-electron chi connectivity index (χ4n) is 1.62. The summed E-state index contributed by atoms with van der Waals surface area (Å²) in [4.78, 5) is 0. The van der Waals surface area contributed by atoms with Crippen LogP contribution in [0.25, 0.3) is 0 Å². The molecule has 2 atom stereocenters. The molecule has 0 aliphatic heterocycles. The Bertz CT molecular complexity index is 107. The van der Waals surface area contributed by atoms with Crippen LogP contribution in [0.15, 0.2) is 0 Å². The molecule has 1 saturated carbocycles. The molecule has 0 bridgehead atoms. The number of rotatable bonds is 2. The summed E-state index contributed by atoms with van der Waals surface area (Å²) >= 11 is 3.62. The third kappa shape index (κ3) is 2.30. The second kappa shape index (κ2) is 4.63. The first-order valence-corrected chi connectivity index (χ1v) is 6.61. The molecule has 1 fully saturated rings. The third-order valence-corrected chi connectivity index (χ3v) is 4.58. The highest BCUT2D eigenvalue weighted by Gasteiger charge is 2.30. The predicted molar refractivity (Wildman–Crippen MR) is 54.5 cm³/mol. The van der Waals surface area contributed by atoms with Gasteiger partial charge >= 0.3 is 0 Å². The first kappa shape index (κ1) is 9.75. The van der Waals surface area contributed by atoms with Crippen molar-refractivity contribution in [3.63, 3.8) is 0 Å². The van der Waals surface area contributed by atoms with E-state index in [9.17, 15) is 5.11 Å². The zero-order chi connectivity index (χ0) is 8.27. The van der Waals surface area contributed by atoms with Crippen LogP contribution in [-0.2, 0) is 0 Å². The van der Waals surface area contributed by atoms with Gasteiger partial charge in [0.15, 0.2) is 0 Å². The smallest absolute Gasteiger partial charge is 0.0776 e. The Hall–Kier alpha value is 0.660. The Labute approximate surface area is 77.3 Å². The lowest BCUT2D eigenvalue weighted by atomic mass is 9.97. The van der Waals surface area contributed by atoms with Crippen LogP contribution in [0.3, 0.4) is 0 Å². The van der Waals surface area contributed by atoms with E-state index in [0.29, 0.717) is 10.5 Å². The van der Waals surface area contributed by atoms with E-state index < -0.39 is 0 Å². The Morgan fingerprint density at radius 2 is 1.55 bits per heavy atom. The molecule has 0 aromatic carbocycles. The van der Waals surface area contributed by atoms with Crippen LogP contribution in [0, 0.1) is 0 Å². The van der Waals surface area contributed by atoms with Gasteiger partial charge in [-0.1, -0.05) is 6.42 Å². The summed E-state index contributed by atoms with van der Waals surface area (Å²) in [7, 11) is 0. The topological polar surface area (TPSA) is 20.2 Å². The summed E-state index contributed by atoms with van der Waals surface area (Å²) in [6.45, 7) is 0. The zero-order valence-corrected chi connectivity index (χ0v) is 8.75. The molecule has 0 unspecified atom stereocenters. The monoisotopic (exact) mass is 192 g/mol. The van der Waals surface area contributed by atoms with Crippen molar-refractivity contribution in [1.82, 2.24) is 0 Å². The standard InChI is InChI=1S/C8H16OS2/c1-10-6-4-3-5-7(11-2)8(6)9/h6-9H,3-5H2,1-2H3/t6-,7-/m0/s1. The average Bonchev–Trinajstić information content (AvgIpc) is 2.05. The number of thioether (sulfide) groups is 2. The van der Waals surface area contributed by atoms with Crippen LogP contribution in [0.5, 0.6) is 0 Å². The van der Waals surface area contributed by atoms with Crippen LogP contribution in [-0.4, -0.2) is 34.2 Å². The first-order chi connectivity index (χ1) is 5.29. The zero-order valence-electron chi connectivity index (χ0n) is 7.12. The van der Waals surface area contributed by atoms with Gasteiger partial charge in [0.1, 0.15) is 0 Å². The van der Waals surface area contributed by atoms with Gasteiger partial charge in [-0.25, -0.2) is 0 Å². The number of aliphatic hydroxyl groups is 1. The van der Waals surface area contributed by atoms with Crippen LogP contribution in [0.2, 0.25) is 0 Å². The van der Waals surface area contributed by atoms with Crippen molar-refractivity contribution in [2.45, 2.75) is 35.9 Å². The Kier molecular flexibility index (Phi) is 4.10. The molecule has 11 heavy (non-hydrogen) atoms. The molecular formula is C8H16OS2. The van der Waals surface area contributed by atoms with Gasteiger partial charge in [0.25, 0.3) is 0 Å². The van der Waals surface area contributed by atoms with Gasteiger partial charge in [0, 0.05) is 10.5 Å². The number of aliphatic hydroxyl groups excluding tert-OH is 1.